The lowest BCUT2D eigenvalue weighted by atomic mass is 10.0. The van der Waals surface area contributed by atoms with Crippen molar-refractivity contribution in [3.63, 3.8) is 0 Å². The number of rotatable bonds is 2. The molecule has 3 heterocycles. The predicted octanol–water partition coefficient (Wildman–Crippen LogP) is -0.923. The van der Waals surface area contributed by atoms with Crippen molar-refractivity contribution in [1.29, 1.82) is 0 Å². The van der Waals surface area contributed by atoms with Crippen LogP contribution < -0.4 is 5.56 Å². The van der Waals surface area contributed by atoms with Crippen LogP contribution in [0.15, 0.2) is 29.2 Å². The normalized spacial score (nSPS) is 29.9. The van der Waals surface area contributed by atoms with Gasteiger partial charge in [-0.05, 0) is 18.2 Å². The summed E-state index contributed by atoms with van der Waals surface area (Å²) in [5.74, 6) is 0. The van der Waals surface area contributed by atoms with Crippen LogP contribution in [0.4, 0.5) is 0 Å². The lowest BCUT2D eigenvalue weighted by molar-refractivity contribution is -0.0231. The van der Waals surface area contributed by atoms with Crippen molar-refractivity contribution in [1.82, 2.24) is 9.97 Å². The maximum Gasteiger partial charge on any atom is 0.255 e. The van der Waals surface area contributed by atoms with Gasteiger partial charge >= 0.3 is 0 Å². The van der Waals surface area contributed by atoms with Crippen LogP contribution in [0.3, 0.4) is 0 Å². The van der Waals surface area contributed by atoms with Gasteiger partial charge in [0.15, 0.2) is 0 Å². The zero-order valence-corrected chi connectivity index (χ0v) is 10.4. The first kappa shape index (κ1) is 13.2. The molecule has 4 atom stereocenters. The molecule has 2 aromatic rings. The third-order valence-corrected chi connectivity index (χ3v) is 3.49. The fraction of sp³-hybridized carbons (Fsp3) is 0.385. The monoisotopic (exact) mass is 278 g/mol. The van der Waals surface area contributed by atoms with E-state index in [0.29, 0.717) is 11.0 Å². The summed E-state index contributed by atoms with van der Waals surface area (Å²) in [5.41, 5.74) is 0.201. The van der Waals surface area contributed by atoms with Crippen LogP contribution in [-0.2, 0) is 4.74 Å². The molecule has 7 nitrogen and oxygen atoms in total. The molecule has 0 aromatic carbocycles. The maximum absolute atomic E-state index is 12.0. The van der Waals surface area contributed by atoms with E-state index in [1.165, 1.54) is 0 Å². The summed E-state index contributed by atoms with van der Waals surface area (Å²) in [7, 11) is 0. The molecule has 0 spiro atoms. The Labute approximate surface area is 113 Å². The lowest BCUT2D eigenvalue weighted by Gasteiger charge is -2.14. The minimum Gasteiger partial charge on any atom is -0.394 e. The average Bonchev–Trinajstić information content (AvgIpc) is 2.74. The van der Waals surface area contributed by atoms with Gasteiger partial charge in [-0.1, -0.05) is 0 Å². The summed E-state index contributed by atoms with van der Waals surface area (Å²) in [6, 6.07) is 5.06. The van der Waals surface area contributed by atoms with E-state index in [0.717, 1.165) is 0 Å². The van der Waals surface area contributed by atoms with Crippen molar-refractivity contribution in [2.75, 3.05) is 6.61 Å². The van der Waals surface area contributed by atoms with Crippen molar-refractivity contribution in [2.24, 2.45) is 0 Å². The van der Waals surface area contributed by atoms with Gasteiger partial charge in [0.05, 0.1) is 6.61 Å². The third kappa shape index (κ3) is 2.01. The molecule has 7 heteroatoms. The van der Waals surface area contributed by atoms with Gasteiger partial charge in [0.2, 0.25) is 0 Å². The van der Waals surface area contributed by atoms with Crippen molar-refractivity contribution >= 4 is 11.0 Å². The van der Waals surface area contributed by atoms with Gasteiger partial charge < -0.3 is 25.0 Å². The molecular weight excluding hydrogens is 264 g/mol. The molecule has 0 amide bonds. The van der Waals surface area contributed by atoms with Crippen LogP contribution in [0.25, 0.3) is 11.0 Å². The SMILES string of the molecule is O=c1[nH]c2ncccc2cc1C1OC(CO)C(O)C1O. The van der Waals surface area contributed by atoms with Crippen LogP contribution in [0.2, 0.25) is 0 Å². The predicted molar refractivity (Wildman–Crippen MR) is 69.1 cm³/mol. The topological polar surface area (TPSA) is 116 Å². The van der Waals surface area contributed by atoms with Gasteiger partial charge in [0, 0.05) is 17.1 Å². The van der Waals surface area contributed by atoms with Crippen LogP contribution in [0.5, 0.6) is 0 Å². The first-order chi connectivity index (χ1) is 9.61. The zero-order valence-electron chi connectivity index (χ0n) is 10.4. The number of aromatic nitrogens is 2. The lowest BCUT2D eigenvalue weighted by Crippen LogP contribution is -2.33. The summed E-state index contributed by atoms with van der Waals surface area (Å²) in [6.07, 6.45) is -2.81. The van der Waals surface area contributed by atoms with Crippen molar-refractivity contribution in [3.8, 4) is 0 Å². The molecular formula is C13H14N2O5. The van der Waals surface area contributed by atoms with Crippen molar-refractivity contribution in [2.45, 2.75) is 24.4 Å². The number of pyridine rings is 2. The van der Waals surface area contributed by atoms with E-state index in [4.69, 9.17) is 9.84 Å². The highest BCUT2D eigenvalue weighted by molar-refractivity contribution is 5.74. The first-order valence-corrected chi connectivity index (χ1v) is 6.22. The summed E-state index contributed by atoms with van der Waals surface area (Å²) in [4.78, 5) is 18.7. The molecule has 0 saturated carbocycles. The van der Waals surface area contributed by atoms with Crippen LogP contribution >= 0.6 is 0 Å². The molecule has 2 aromatic heterocycles. The number of aliphatic hydroxyl groups is 3. The molecule has 106 valence electrons. The van der Waals surface area contributed by atoms with Gasteiger partial charge in [0.25, 0.3) is 5.56 Å². The highest BCUT2D eigenvalue weighted by atomic mass is 16.6. The van der Waals surface area contributed by atoms with Gasteiger partial charge in [-0.2, -0.15) is 0 Å². The van der Waals surface area contributed by atoms with Crippen LogP contribution in [0, 0.1) is 0 Å². The maximum atomic E-state index is 12.0. The molecule has 3 rings (SSSR count). The Morgan fingerprint density at radius 1 is 1.35 bits per heavy atom. The second-order valence-corrected chi connectivity index (χ2v) is 4.75. The largest absolute Gasteiger partial charge is 0.394 e. The first-order valence-electron chi connectivity index (χ1n) is 6.22. The molecule has 1 aliphatic heterocycles. The zero-order chi connectivity index (χ0) is 14.3. The number of hydrogen-bond acceptors (Lipinski definition) is 6. The Kier molecular flexibility index (Phi) is 3.27. The average molecular weight is 278 g/mol. The smallest absolute Gasteiger partial charge is 0.255 e. The number of aromatic amines is 1. The Morgan fingerprint density at radius 2 is 2.15 bits per heavy atom. The number of nitrogens with zero attached hydrogens (tertiary/aromatic N) is 1. The Hall–Kier alpha value is -1.80. The van der Waals surface area contributed by atoms with Crippen LogP contribution in [-0.4, -0.2) is 50.2 Å². The fourth-order valence-corrected chi connectivity index (χ4v) is 2.42. The Balaban J connectivity index is 2.06. The van der Waals surface area contributed by atoms with E-state index in [1.54, 1.807) is 24.4 Å². The number of aliphatic hydroxyl groups excluding tert-OH is 3. The standard InChI is InChI=1S/C13H14N2O5/c16-5-8-9(17)10(18)11(20-8)7-4-6-2-1-3-14-12(6)15-13(7)19/h1-4,8-11,16-18H,5H2,(H,14,15,19). The van der Waals surface area contributed by atoms with E-state index < -0.39 is 36.6 Å². The summed E-state index contributed by atoms with van der Waals surface area (Å²) in [6.45, 7) is -0.429. The van der Waals surface area contributed by atoms with Gasteiger partial charge in [-0.15, -0.1) is 0 Å². The molecule has 0 bridgehead atoms. The molecule has 4 N–H and O–H groups in total. The second-order valence-electron chi connectivity index (χ2n) is 4.75. The minimum atomic E-state index is -1.26. The van der Waals surface area contributed by atoms with E-state index in [9.17, 15) is 15.0 Å². The van der Waals surface area contributed by atoms with E-state index in [-0.39, 0.29) is 5.56 Å². The summed E-state index contributed by atoms with van der Waals surface area (Å²) in [5, 5.41) is 29.5. The molecule has 0 aliphatic carbocycles. The van der Waals surface area contributed by atoms with E-state index >= 15 is 0 Å². The van der Waals surface area contributed by atoms with Gasteiger partial charge in [0.1, 0.15) is 30.1 Å². The number of hydrogen-bond donors (Lipinski definition) is 4. The fourth-order valence-electron chi connectivity index (χ4n) is 2.42. The van der Waals surface area contributed by atoms with Gasteiger partial charge in [-0.25, -0.2) is 4.98 Å². The molecule has 0 radical (unpaired) electrons. The third-order valence-electron chi connectivity index (χ3n) is 3.49. The van der Waals surface area contributed by atoms with E-state index in [2.05, 4.69) is 9.97 Å². The highest BCUT2D eigenvalue weighted by Crippen LogP contribution is 2.32. The molecule has 1 saturated heterocycles. The summed E-state index contributed by atoms with van der Waals surface area (Å²) < 4.78 is 5.36. The van der Waals surface area contributed by atoms with Crippen molar-refractivity contribution in [3.05, 3.63) is 40.3 Å². The van der Waals surface area contributed by atoms with Crippen LogP contribution in [0.1, 0.15) is 11.7 Å². The highest BCUT2D eigenvalue weighted by Gasteiger charge is 2.44. The Morgan fingerprint density at radius 3 is 2.85 bits per heavy atom. The molecule has 4 unspecified atom stereocenters. The number of H-pyrrole nitrogens is 1. The van der Waals surface area contributed by atoms with Crippen molar-refractivity contribution < 1.29 is 20.1 Å². The minimum absolute atomic E-state index is 0.202. The molecule has 1 aliphatic rings. The number of fused-ring (bicyclic) bond motifs is 1. The second kappa shape index (κ2) is 4.95. The number of nitrogens with one attached hydrogen (secondary N) is 1. The Bertz CT molecular complexity index is 686. The van der Waals surface area contributed by atoms with Gasteiger partial charge in [-0.3, -0.25) is 4.79 Å². The molecule has 20 heavy (non-hydrogen) atoms. The summed E-state index contributed by atoms with van der Waals surface area (Å²) >= 11 is 0. The number of ether oxygens (including phenoxy) is 1. The molecule has 1 fully saturated rings. The quantitative estimate of drug-likeness (QED) is 0.564. The van der Waals surface area contributed by atoms with E-state index in [1.807, 2.05) is 0 Å².